The Labute approximate surface area is 218 Å². The average Bonchev–Trinajstić information content (AvgIpc) is 3.75. The normalized spacial score (nSPS) is 15.2. The Hall–Kier alpha value is -3.98. The molecule has 2 aliphatic rings. The van der Waals surface area contributed by atoms with E-state index in [0.29, 0.717) is 11.3 Å². The summed E-state index contributed by atoms with van der Waals surface area (Å²) in [6.45, 7) is -0.0430. The number of benzene rings is 1. The van der Waals surface area contributed by atoms with Crippen LogP contribution in [0.25, 0.3) is 11.2 Å². The molecule has 3 aromatic rings. The highest BCUT2D eigenvalue weighted by atomic mass is 32.2. The van der Waals surface area contributed by atoms with Crippen LogP contribution in [-0.2, 0) is 46.5 Å². The summed E-state index contributed by atoms with van der Waals surface area (Å²) in [5.41, 5.74) is 1.31. The molecule has 0 aliphatic heterocycles. The van der Waals surface area contributed by atoms with E-state index in [9.17, 15) is 22.8 Å². The summed E-state index contributed by atoms with van der Waals surface area (Å²) < 4.78 is 28.1. The first-order valence-electron chi connectivity index (χ1n) is 12.3. The summed E-state index contributed by atoms with van der Waals surface area (Å²) in [7, 11) is -0.850. The number of imidazole rings is 1. The first-order chi connectivity index (χ1) is 17.9. The number of nitrogens with zero attached hydrogens (tertiary/aromatic N) is 4. The minimum absolute atomic E-state index is 0.0236. The Bertz CT molecular complexity index is 1750. The molecule has 0 bridgehead atoms. The Kier molecular flexibility index (Phi) is 6.35. The molecular formula is C26H28N6O5S. The molecule has 0 spiro atoms. The van der Waals surface area contributed by atoms with Gasteiger partial charge in [0.05, 0.1) is 6.54 Å². The molecule has 2 fully saturated rings. The van der Waals surface area contributed by atoms with Crippen molar-refractivity contribution < 1.29 is 18.0 Å². The zero-order valence-electron chi connectivity index (χ0n) is 21.4. The van der Waals surface area contributed by atoms with Crippen molar-refractivity contribution in [2.45, 2.75) is 43.8 Å². The molecular weight excluding hydrogens is 508 g/mol. The number of carbonyl (C=O) groups is 2. The number of amides is 1. The molecule has 198 valence electrons. The summed E-state index contributed by atoms with van der Waals surface area (Å²) >= 11 is 0. The smallest absolute Gasteiger partial charge is 0.280 e. The monoisotopic (exact) mass is 536 g/mol. The fourth-order valence-electron chi connectivity index (χ4n) is 4.41. The van der Waals surface area contributed by atoms with Crippen molar-refractivity contribution in [1.82, 2.24) is 18.7 Å². The summed E-state index contributed by atoms with van der Waals surface area (Å²) in [6.07, 6.45) is 4.84. The van der Waals surface area contributed by atoms with Crippen molar-refractivity contribution in [1.29, 1.82) is 5.41 Å². The van der Waals surface area contributed by atoms with Gasteiger partial charge in [0.2, 0.25) is 26.5 Å². The molecule has 2 saturated carbocycles. The number of hydrogen-bond donors (Lipinski definition) is 2. The zero-order valence-corrected chi connectivity index (χ0v) is 22.2. The van der Waals surface area contributed by atoms with Gasteiger partial charge < -0.3 is 9.88 Å². The highest BCUT2D eigenvalue weighted by Gasteiger charge is 2.31. The fourth-order valence-corrected chi connectivity index (χ4v) is 5.25. The lowest BCUT2D eigenvalue weighted by atomic mass is 10.0. The van der Waals surface area contributed by atoms with Crippen molar-refractivity contribution in [2.75, 3.05) is 11.6 Å². The van der Waals surface area contributed by atoms with Crippen molar-refractivity contribution >= 4 is 38.4 Å². The minimum atomic E-state index is -3.72. The number of ketones is 1. The van der Waals surface area contributed by atoms with E-state index >= 15 is 0 Å². The second-order valence-corrected chi connectivity index (χ2v) is 12.0. The average molecular weight is 537 g/mol. The molecule has 2 N–H and O–H groups in total. The molecule has 0 atom stereocenters. The van der Waals surface area contributed by atoms with Gasteiger partial charge in [-0.2, -0.15) is 4.98 Å². The molecule has 0 saturated heterocycles. The standard InChI is InChI=1S/C26H28N6O5S/c1-30-21-22(29-26(30)38(3,36)37)32(25(27)31(2)24(21)35)10-4-5-15-11-16(14-20(33)17-6-7-17)13-19(12-15)28-23(34)18-8-9-18/h11-13,17-18,27H,6-10,14H2,1-3H3,(H,28,34). The maximum atomic E-state index is 12.8. The minimum Gasteiger partial charge on any atom is -0.326 e. The lowest BCUT2D eigenvalue weighted by Crippen LogP contribution is -2.38. The number of Topliss-reactive ketones (excluding diaryl/α,β-unsaturated/α-hetero) is 1. The first kappa shape index (κ1) is 25.7. The van der Waals surface area contributed by atoms with E-state index in [1.807, 2.05) is 6.07 Å². The largest absolute Gasteiger partial charge is 0.326 e. The van der Waals surface area contributed by atoms with Gasteiger partial charge in [0.1, 0.15) is 5.78 Å². The van der Waals surface area contributed by atoms with E-state index in [0.717, 1.165) is 42.1 Å². The molecule has 0 radical (unpaired) electrons. The van der Waals surface area contributed by atoms with Crippen molar-refractivity contribution in [3.8, 4) is 11.8 Å². The number of aromatic nitrogens is 4. The third kappa shape index (κ3) is 5.06. The van der Waals surface area contributed by atoms with Crippen LogP contribution in [0.5, 0.6) is 0 Å². The number of carbonyl (C=O) groups excluding carboxylic acids is 2. The van der Waals surface area contributed by atoms with Crippen LogP contribution in [0.1, 0.15) is 36.8 Å². The molecule has 0 unspecified atom stereocenters. The van der Waals surface area contributed by atoms with Crippen molar-refractivity contribution in [3.05, 3.63) is 45.3 Å². The van der Waals surface area contributed by atoms with Gasteiger partial charge in [0.15, 0.2) is 11.2 Å². The Morgan fingerprint density at radius 1 is 1.11 bits per heavy atom. The highest BCUT2D eigenvalue weighted by molar-refractivity contribution is 7.90. The van der Waals surface area contributed by atoms with Crippen LogP contribution in [0.3, 0.4) is 0 Å². The van der Waals surface area contributed by atoms with Crippen LogP contribution in [0.4, 0.5) is 5.69 Å². The predicted molar refractivity (Wildman–Crippen MR) is 139 cm³/mol. The van der Waals surface area contributed by atoms with Crippen LogP contribution < -0.4 is 16.5 Å². The second kappa shape index (κ2) is 9.40. The van der Waals surface area contributed by atoms with Crippen molar-refractivity contribution in [3.63, 3.8) is 0 Å². The number of nitrogens with one attached hydrogen (secondary N) is 2. The van der Waals surface area contributed by atoms with Gasteiger partial charge in [-0.25, -0.2) is 8.42 Å². The Balaban J connectivity index is 1.51. The first-order valence-corrected chi connectivity index (χ1v) is 14.2. The lowest BCUT2D eigenvalue weighted by Gasteiger charge is -2.09. The van der Waals surface area contributed by atoms with Crippen LogP contribution in [-0.4, -0.2) is 45.0 Å². The summed E-state index contributed by atoms with van der Waals surface area (Å²) in [5.74, 6) is 6.27. The molecule has 1 amide bonds. The summed E-state index contributed by atoms with van der Waals surface area (Å²) in [6, 6.07) is 5.36. The van der Waals surface area contributed by atoms with Crippen LogP contribution in [0.15, 0.2) is 28.2 Å². The van der Waals surface area contributed by atoms with Crippen LogP contribution >= 0.6 is 0 Å². The van der Waals surface area contributed by atoms with Gasteiger partial charge in [-0.05, 0) is 49.4 Å². The molecule has 1 aromatic carbocycles. The number of fused-ring (bicyclic) bond motifs is 1. The molecule has 12 heteroatoms. The molecule has 2 aliphatic carbocycles. The van der Waals surface area contributed by atoms with E-state index in [2.05, 4.69) is 22.1 Å². The molecule has 38 heavy (non-hydrogen) atoms. The van der Waals surface area contributed by atoms with Crippen molar-refractivity contribution in [2.24, 2.45) is 25.9 Å². The molecule has 2 heterocycles. The topological polar surface area (TPSA) is 149 Å². The fraction of sp³-hybridized carbons (Fsp3) is 0.423. The number of hydrogen-bond acceptors (Lipinski definition) is 7. The van der Waals surface area contributed by atoms with E-state index in [1.54, 1.807) is 12.1 Å². The maximum Gasteiger partial charge on any atom is 0.280 e. The lowest BCUT2D eigenvalue weighted by molar-refractivity contribution is -0.119. The SMILES string of the molecule is Cn1c(=O)c2c(nc(S(C)(=O)=O)n2C)n(CC#Cc2cc(CC(=O)C3CC3)cc(NC(=O)C3CC3)c2)c1=N. The number of aryl methyl sites for hydroxylation is 1. The second-order valence-electron chi connectivity index (χ2n) is 10.1. The number of anilines is 1. The van der Waals surface area contributed by atoms with Crippen LogP contribution in [0.2, 0.25) is 0 Å². The van der Waals surface area contributed by atoms with Gasteiger partial charge in [-0.15, -0.1) is 0 Å². The van der Waals surface area contributed by atoms with Gasteiger partial charge in [0, 0.05) is 49.9 Å². The van der Waals surface area contributed by atoms with Gasteiger partial charge >= 0.3 is 0 Å². The molecule has 2 aromatic heterocycles. The summed E-state index contributed by atoms with van der Waals surface area (Å²) in [4.78, 5) is 41.7. The predicted octanol–water partition coefficient (Wildman–Crippen LogP) is 0.878. The maximum absolute atomic E-state index is 12.8. The third-order valence-electron chi connectivity index (χ3n) is 6.79. The van der Waals surface area contributed by atoms with E-state index in [4.69, 9.17) is 5.41 Å². The highest BCUT2D eigenvalue weighted by Crippen LogP contribution is 2.32. The number of sulfone groups is 1. The quantitative estimate of drug-likeness (QED) is 0.428. The van der Waals surface area contributed by atoms with E-state index in [1.165, 1.54) is 23.2 Å². The summed E-state index contributed by atoms with van der Waals surface area (Å²) in [5, 5.41) is 11.1. The zero-order chi connectivity index (χ0) is 27.4. The Morgan fingerprint density at radius 2 is 1.79 bits per heavy atom. The number of rotatable bonds is 7. The Morgan fingerprint density at radius 3 is 2.42 bits per heavy atom. The van der Waals surface area contributed by atoms with Gasteiger partial charge in [0.25, 0.3) is 5.56 Å². The van der Waals surface area contributed by atoms with Gasteiger partial charge in [-0.1, -0.05) is 11.8 Å². The van der Waals surface area contributed by atoms with Crippen LogP contribution in [0, 0.1) is 29.1 Å². The van der Waals surface area contributed by atoms with E-state index in [-0.39, 0.29) is 58.4 Å². The third-order valence-corrected chi connectivity index (χ3v) is 7.82. The van der Waals surface area contributed by atoms with E-state index < -0.39 is 15.4 Å². The molecule has 5 rings (SSSR count). The molecule has 11 nitrogen and oxygen atoms in total. The van der Waals surface area contributed by atoms with Gasteiger partial charge in [-0.3, -0.25) is 28.9 Å².